The van der Waals surface area contributed by atoms with Gasteiger partial charge in [-0.1, -0.05) is 0 Å². The molecule has 0 saturated carbocycles. The molecule has 0 aliphatic carbocycles. The first kappa shape index (κ1) is 17.3. The summed E-state index contributed by atoms with van der Waals surface area (Å²) in [6, 6.07) is 9.89. The highest BCUT2D eigenvalue weighted by molar-refractivity contribution is 7.89. The number of hydrogen-bond donors (Lipinski definition) is 2. The molecule has 10 heteroatoms. The minimum absolute atomic E-state index is 0.0380. The second kappa shape index (κ2) is 6.56. The number of hydrogen-bond acceptors (Lipinski definition) is 6. The van der Waals surface area contributed by atoms with Gasteiger partial charge in [0.15, 0.2) is 0 Å². The van der Waals surface area contributed by atoms with Crippen LogP contribution in [0.5, 0.6) is 0 Å². The molecule has 1 aromatic heterocycles. The monoisotopic (exact) mass is 388 g/mol. The predicted molar refractivity (Wildman–Crippen MR) is 92.5 cm³/mol. The van der Waals surface area contributed by atoms with Gasteiger partial charge in [-0.25, -0.2) is 17.5 Å². The van der Waals surface area contributed by atoms with E-state index >= 15 is 0 Å². The molecule has 0 spiro atoms. The molecule has 0 bridgehead atoms. The van der Waals surface area contributed by atoms with Crippen molar-refractivity contribution in [2.45, 2.75) is 17.9 Å². The summed E-state index contributed by atoms with van der Waals surface area (Å²) in [7, 11) is -3.82. The van der Waals surface area contributed by atoms with Crippen LogP contribution in [0.2, 0.25) is 0 Å². The Balaban J connectivity index is 1.48. The maximum atomic E-state index is 13.0. The van der Waals surface area contributed by atoms with Crippen LogP contribution in [0.3, 0.4) is 0 Å². The Morgan fingerprint density at radius 1 is 1.15 bits per heavy atom. The lowest BCUT2D eigenvalue weighted by atomic mass is 10.2. The molecular formula is C17H13FN4O4S. The van der Waals surface area contributed by atoms with Crippen LogP contribution in [0.1, 0.15) is 11.5 Å². The Bertz CT molecular complexity index is 1130. The molecule has 2 aromatic carbocycles. The third-order valence-electron chi connectivity index (χ3n) is 3.98. The lowest BCUT2D eigenvalue weighted by molar-refractivity contribution is -0.115. The molecule has 2 heterocycles. The largest absolute Gasteiger partial charge is 0.419 e. The zero-order chi connectivity index (χ0) is 19.0. The van der Waals surface area contributed by atoms with Gasteiger partial charge in [0, 0.05) is 11.3 Å². The Hall–Kier alpha value is -3.11. The number of rotatable bonds is 5. The van der Waals surface area contributed by atoms with Crippen LogP contribution in [0, 0.1) is 5.82 Å². The van der Waals surface area contributed by atoms with E-state index in [1.807, 2.05) is 0 Å². The molecule has 1 aliphatic heterocycles. The number of carbonyl (C=O) groups excluding carboxylic acids is 1. The summed E-state index contributed by atoms with van der Waals surface area (Å²) in [6.07, 6.45) is 0.142. The van der Waals surface area contributed by atoms with Crippen molar-refractivity contribution in [3.05, 3.63) is 59.7 Å². The standard InChI is InChI=1S/C17H13FN4O4S/c18-12-3-1-10(2-4-12)17-22-21-16(26-17)9-19-27(24,25)13-5-6-14-11(7-13)8-15(23)20-14/h1-7,19H,8-9H2,(H,20,23). The smallest absolute Gasteiger partial charge is 0.247 e. The number of benzene rings is 2. The van der Waals surface area contributed by atoms with Gasteiger partial charge in [0.25, 0.3) is 0 Å². The average molecular weight is 388 g/mol. The van der Waals surface area contributed by atoms with E-state index in [0.29, 0.717) is 16.8 Å². The molecular weight excluding hydrogens is 375 g/mol. The van der Waals surface area contributed by atoms with E-state index in [1.54, 1.807) is 6.07 Å². The SMILES string of the molecule is O=C1Cc2cc(S(=O)(=O)NCc3nnc(-c4ccc(F)cc4)o3)ccc2N1. The van der Waals surface area contributed by atoms with Crippen LogP contribution in [0.15, 0.2) is 51.8 Å². The molecule has 0 radical (unpaired) electrons. The fraction of sp³-hybridized carbons (Fsp3) is 0.118. The lowest BCUT2D eigenvalue weighted by Gasteiger charge is -2.06. The Morgan fingerprint density at radius 2 is 1.93 bits per heavy atom. The second-order valence-corrected chi connectivity index (χ2v) is 7.64. The van der Waals surface area contributed by atoms with Gasteiger partial charge in [0.1, 0.15) is 5.82 Å². The highest BCUT2D eigenvalue weighted by atomic mass is 32.2. The van der Waals surface area contributed by atoms with Gasteiger partial charge < -0.3 is 9.73 Å². The van der Waals surface area contributed by atoms with Gasteiger partial charge in [-0.3, -0.25) is 4.79 Å². The molecule has 0 fully saturated rings. The number of nitrogens with zero attached hydrogens (tertiary/aromatic N) is 2. The van der Waals surface area contributed by atoms with Crippen molar-refractivity contribution in [2.75, 3.05) is 5.32 Å². The minimum atomic E-state index is -3.82. The summed E-state index contributed by atoms with van der Waals surface area (Å²) >= 11 is 0. The third-order valence-corrected chi connectivity index (χ3v) is 5.38. The molecule has 0 atom stereocenters. The van der Waals surface area contributed by atoms with Crippen LogP contribution in [0.25, 0.3) is 11.5 Å². The van der Waals surface area contributed by atoms with Crippen LogP contribution in [-0.2, 0) is 27.8 Å². The zero-order valence-electron chi connectivity index (χ0n) is 13.8. The van der Waals surface area contributed by atoms with Crippen molar-refractivity contribution >= 4 is 21.6 Å². The van der Waals surface area contributed by atoms with E-state index < -0.39 is 15.8 Å². The van der Waals surface area contributed by atoms with Gasteiger partial charge in [0.2, 0.25) is 27.7 Å². The van der Waals surface area contributed by atoms with Gasteiger partial charge in [0.05, 0.1) is 17.9 Å². The number of carbonyl (C=O) groups is 1. The highest BCUT2D eigenvalue weighted by Gasteiger charge is 2.22. The minimum Gasteiger partial charge on any atom is -0.419 e. The first-order valence-corrected chi connectivity index (χ1v) is 9.40. The summed E-state index contributed by atoms with van der Waals surface area (Å²) < 4.78 is 45.6. The number of aromatic nitrogens is 2. The normalized spacial score (nSPS) is 13.4. The van der Waals surface area contributed by atoms with Crippen LogP contribution >= 0.6 is 0 Å². The van der Waals surface area contributed by atoms with Crippen LogP contribution in [-0.4, -0.2) is 24.5 Å². The van der Waals surface area contributed by atoms with Gasteiger partial charge >= 0.3 is 0 Å². The molecule has 2 N–H and O–H groups in total. The van der Waals surface area contributed by atoms with Crippen molar-refractivity contribution in [2.24, 2.45) is 0 Å². The molecule has 8 nitrogen and oxygen atoms in total. The topological polar surface area (TPSA) is 114 Å². The highest BCUT2D eigenvalue weighted by Crippen LogP contribution is 2.26. The van der Waals surface area contributed by atoms with Crippen molar-refractivity contribution in [1.29, 1.82) is 0 Å². The van der Waals surface area contributed by atoms with Crippen LogP contribution < -0.4 is 10.0 Å². The van der Waals surface area contributed by atoms with E-state index in [-0.39, 0.29) is 35.5 Å². The molecule has 1 aliphatic rings. The Morgan fingerprint density at radius 3 is 2.70 bits per heavy atom. The molecule has 4 rings (SSSR count). The first-order chi connectivity index (χ1) is 12.9. The van der Waals surface area contributed by atoms with E-state index in [2.05, 4.69) is 20.2 Å². The Kier molecular flexibility index (Phi) is 4.21. The summed E-state index contributed by atoms with van der Waals surface area (Å²) in [5, 5.41) is 10.3. The average Bonchev–Trinajstić information content (AvgIpc) is 3.25. The molecule has 1 amide bonds. The number of anilines is 1. The lowest BCUT2D eigenvalue weighted by Crippen LogP contribution is -2.23. The maximum Gasteiger partial charge on any atom is 0.247 e. The first-order valence-electron chi connectivity index (χ1n) is 7.91. The number of amides is 1. The fourth-order valence-corrected chi connectivity index (χ4v) is 3.67. The quantitative estimate of drug-likeness (QED) is 0.689. The summed E-state index contributed by atoms with van der Waals surface area (Å²) in [6.45, 7) is -0.204. The number of halogens is 1. The number of fused-ring (bicyclic) bond motifs is 1. The molecule has 0 saturated heterocycles. The summed E-state index contributed by atoms with van der Waals surface area (Å²) in [5.74, 6) is -0.341. The number of nitrogens with one attached hydrogen (secondary N) is 2. The molecule has 138 valence electrons. The van der Waals surface area contributed by atoms with E-state index in [1.165, 1.54) is 36.4 Å². The molecule has 27 heavy (non-hydrogen) atoms. The van der Waals surface area contributed by atoms with Gasteiger partial charge in [-0.2, -0.15) is 0 Å². The molecule has 0 unspecified atom stereocenters. The maximum absolute atomic E-state index is 13.0. The van der Waals surface area contributed by atoms with Gasteiger partial charge in [-0.15, -0.1) is 10.2 Å². The van der Waals surface area contributed by atoms with E-state index in [9.17, 15) is 17.6 Å². The predicted octanol–water partition coefficient (Wildman–Crippen LogP) is 1.85. The third kappa shape index (κ3) is 3.57. The second-order valence-electron chi connectivity index (χ2n) is 5.88. The summed E-state index contributed by atoms with van der Waals surface area (Å²) in [5.41, 5.74) is 1.76. The Labute approximate surface area is 153 Å². The van der Waals surface area contributed by atoms with Gasteiger partial charge in [-0.05, 0) is 48.0 Å². The van der Waals surface area contributed by atoms with Crippen molar-refractivity contribution in [1.82, 2.24) is 14.9 Å². The molecule has 3 aromatic rings. The van der Waals surface area contributed by atoms with Crippen molar-refractivity contribution in [3.63, 3.8) is 0 Å². The summed E-state index contributed by atoms with van der Waals surface area (Å²) in [4.78, 5) is 11.4. The van der Waals surface area contributed by atoms with Crippen LogP contribution in [0.4, 0.5) is 10.1 Å². The van der Waals surface area contributed by atoms with E-state index in [0.717, 1.165) is 0 Å². The van der Waals surface area contributed by atoms with Crippen molar-refractivity contribution < 1.29 is 22.0 Å². The van der Waals surface area contributed by atoms with Crippen molar-refractivity contribution in [3.8, 4) is 11.5 Å². The van der Waals surface area contributed by atoms with E-state index in [4.69, 9.17) is 4.42 Å². The number of sulfonamides is 1. The fourth-order valence-electron chi connectivity index (χ4n) is 2.65. The zero-order valence-corrected chi connectivity index (χ0v) is 14.6.